The van der Waals surface area contributed by atoms with E-state index in [2.05, 4.69) is 6.58 Å². The highest BCUT2D eigenvalue weighted by molar-refractivity contribution is 5.87. The molecule has 0 radical (unpaired) electrons. The zero-order valence-electron chi connectivity index (χ0n) is 10.8. The van der Waals surface area contributed by atoms with E-state index in [4.69, 9.17) is 4.74 Å². The number of fused-ring (bicyclic) bond motifs is 2. The van der Waals surface area contributed by atoms with Crippen LogP contribution in [-0.2, 0) is 14.3 Å². The summed E-state index contributed by atoms with van der Waals surface area (Å²) in [4.78, 5) is 22.9. The van der Waals surface area contributed by atoms with E-state index in [0.717, 1.165) is 32.1 Å². The summed E-state index contributed by atoms with van der Waals surface area (Å²) in [6.07, 6.45) is 4.85. The van der Waals surface area contributed by atoms with Crippen LogP contribution in [0.1, 0.15) is 45.4 Å². The van der Waals surface area contributed by atoms with Crippen LogP contribution >= 0.6 is 0 Å². The van der Waals surface area contributed by atoms with Crippen LogP contribution in [0, 0.1) is 11.8 Å². The van der Waals surface area contributed by atoms with Crippen molar-refractivity contribution in [2.45, 2.75) is 51.0 Å². The molecule has 0 aromatic rings. The number of aliphatic carboxylic acids is 1. The van der Waals surface area contributed by atoms with Gasteiger partial charge < -0.3 is 9.84 Å². The number of ether oxygens (including phenoxy) is 1. The Hall–Kier alpha value is -1.32. The molecular formula is C14H20O4. The first-order valence-electron chi connectivity index (χ1n) is 6.53. The fourth-order valence-corrected chi connectivity index (χ4v) is 3.37. The molecule has 0 saturated heterocycles. The number of carboxylic acid groups (broad SMARTS) is 1. The highest BCUT2D eigenvalue weighted by Crippen LogP contribution is 2.47. The summed E-state index contributed by atoms with van der Waals surface area (Å²) in [7, 11) is 0. The fraction of sp³-hybridized carbons (Fsp3) is 0.714. The molecule has 4 heteroatoms. The molecule has 2 saturated carbocycles. The molecule has 2 rings (SSSR count). The van der Waals surface area contributed by atoms with Gasteiger partial charge in [0.2, 0.25) is 0 Å². The number of carbonyl (C=O) groups excluding carboxylic acids is 1. The van der Waals surface area contributed by atoms with Crippen molar-refractivity contribution in [2.75, 3.05) is 0 Å². The maximum atomic E-state index is 11.7. The van der Waals surface area contributed by atoms with Gasteiger partial charge in [-0.05, 0) is 38.5 Å². The average molecular weight is 252 g/mol. The van der Waals surface area contributed by atoms with Crippen LogP contribution in [0.2, 0.25) is 0 Å². The number of carbonyl (C=O) groups is 2. The van der Waals surface area contributed by atoms with Gasteiger partial charge >= 0.3 is 11.9 Å². The minimum Gasteiger partial charge on any atom is -0.481 e. The van der Waals surface area contributed by atoms with Gasteiger partial charge in [0, 0.05) is 12.0 Å². The van der Waals surface area contributed by atoms with Gasteiger partial charge in [-0.2, -0.15) is 0 Å². The highest BCUT2D eigenvalue weighted by Gasteiger charge is 2.47. The monoisotopic (exact) mass is 252 g/mol. The van der Waals surface area contributed by atoms with Crippen LogP contribution in [0.3, 0.4) is 0 Å². The second kappa shape index (κ2) is 4.75. The van der Waals surface area contributed by atoms with Gasteiger partial charge in [-0.1, -0.05) is 13.0 Å². The van der Waals surface area contributed by atoms with Crippen molar-refractivity contribution in [3.8, 4) is 0 Å². The van der Waals surface area contributed by atoms with Gasteiger partial charge in [0.25, 0.3) is 0 Å². The lowest BCUT2D eigenvalue weighted by Crippen LogP contribution is -2.47. The molecule has 2 aliphatic carbocycles. The Balaban J connectivity index is 2.15. The third-order valence-corrected chi connectivity index (χ3v) is 4.15. The maximum absolute atomic E-state index is 11.7. The van der Waals surface area contributed by atoms with Gasteiger partial charge in [-0.25, -0.2) is 4.79 Å². The second-order valence-corrected chi connectivity index (χ2v) is 5.79. The molecule has 1 N–H and O–H groups in total. The molecule has 0 heterocycles. The SMILES string of the molecule is C=C(C)C(=O)OC12CCCC(CC(C(=O)O)C1)C2. The van der Waals surface area contributed by atoms with Gasteiger partial charge in [0.1, 0.15) is 5.60 Å². The molecule has 0 amide bonds. The molecule has 18 heavy (non-hydrogen) atoms. The second-order valence-electron chi connectivity index (χ2n) is 5.79. The van der Waals surface area contributed by atoms with Crippen LogP contribution in [0.15, 0.2) is 12.2 Å². The quantitative estimate of drug-likeness (QED) is 0.619. The average Bonchev–Trinajstić information content (AvgIpc) is 2.27. The third kappa shape index (κ3) is 2.57. The van der Waals surface area contributed by atoms with Crippen molar-refractivity contribution in [3.05, 3.63) is 12.2 Å². The lowest BCUT2D eigenvalue weighted by molar-refractivity contribution is -0.173. The summed E-state index contributed by atoms with van der Waals surface area (Å²) in [6.45, 7) is 5.21. The standard InChI is InChI=1S/C14H20O4/c1-9(2)13(17)18-14-5-3-4-10(7-14)6-11(8-14)12(15)16/h10-11H,1,3-8H2,2H3,(H,15,16). The number of rotatable bonds is 3. The summed E-state index contributed by atoms with van der Waals surface area (Å²) in [5, 5.41) is 9.19. The minimum absolute atomic E-state index is 0.373. The van der Waals surface area contributed by atoms with Crippen LogP contribution in [0.4, 0.5) is 0 Å². The number of esters is 1. The first kappa shape index (κ1) is 13.1. The van der Waals surface area contributed by atoms with Crippen molar-refractivity contribution < 1.29 is 19.4 Å². The molecule has 0 aromatic heterocycles. The third-order valence-electron chi connectivity index (χ3n) is 4.15. The van der Waals surface area contributed by atoms with Crippen LogP contribution in [-0.4, -0.2) is 22.6 Å². The van der Waals surface area contributed by atoms with Crippen molar-refractivity contribution in [3.63, 3.8) is 0 Å². The predicted molar refractivity (Wildman–Crippen MR) is 66.0 cm³/mol. The van der Waals surface area contributed by atoms with Crippen LogP contribution < -0.4 is 0 Å². The predicted octanol–water partition coefficient (Wildman–Crippen LogP) is 2.53. The van der Waals surface area contributed by atoms with E-state index in [-0.39, 0.29) is 11.9 Å². The maximum Gasteiger partial charge on any atom is 0.333 e. The van der Waals surface area contributed by atoms with Crippen molar-refractivity contribution in [1.29, 1.82) is 0 Å². The molecular weight excluding hydrogens is 232 g/mol. The van der Waals surface area contributed by atoms with Crippen LogP contribution in [0.25, 0.3) is 0 Å². The smallest absolute Gasteiger partial charge is 0.333 e. The molecule has 2 bridgehead atoms. The van der Waals surface area contributed by atoms with Crippen molar-refractivity contribution in [2.24, 2.45) is 11.8 Å². The summed E-state index contributed by atoms with van der Waals surface area (Å²) in [5.74, 6) is -1.15. The van der Waals surface area contributed by atoms with Gasteiger partial charge in [0.15, 0.2) is 0 Å². The van der Waals surface area contributed by atoms with Crippen molar-refractivity contribution >= 4 is 11.9 Å². The summed E-state index contributed by atoms with van der Waals surface area (Å²) in [5.41, 5.74) is -0.177. The van der Waals surface area contributed by atoms with E-state index in [0.29, 0.717) is 17.9 Å². The lowest BCUT2D eigenvalue weighted by Gasteiger charge is -2.46. The number of hydrogen-bond acceptors (Lipinski definition) is 3. The Morgan fingerprint density at radius 1 is 1.39 bits per heavy atom. The summed E-state index contributed by atoms with van der Waals surface area (Å²) < 4.78 is 5.59. The summed E-state index contributed by atoms with van der Waals surface area (Å²) >= 11 is 0. The van der Waals surface area contributed by atoms with E-state index >= 15 is 0 Å². The van der Waals surface area contributed by atoms with Crippen molar-refractivity contribution in [1.82, 2.24) is 0 Å². The van der Waals surface area contributed by atoms with E-state index < -0.39 is 11.6 Å². The highest BCUT2D eigenvalue weighted by atomic mass is 16.6. The molecule has 3 atom stereocenters. The number of hydrogen-bond donors (Lipinski definition) is 1. The molecule has 0 aromatic carbocycles. The molecule has 0 aliphatic heterocycles. The molecule has 3 unspecified atom stereocenters. The van der Waals surface area contributed by atoms with E-state index in [1.165, 1.54) is 0 Å². The van der Waals surface area contributed by atoms with Gasteiger partial charge in [-0.15, -0.1) is 0 Å². The Labute approximate surface area is 107 Å². The Morgan fingerprint density at radius 2 is 2.11 bits per heavy atom. The van der Waals surface area contributed by atoms with Crippen LogP contribution in [0.5, 0.6) is 0 Å². The topological polar surface area (TPSA) is 63.6 Å². The molecule has 0 spiro atoms. The lowest BCUT2D eigenvalue weighted by atomic mass is 9.65. The minimum atomic E-state index is -0.766. The normalized spacial score (nSPS) is 34.7. The molecule has 2 aliphatic rings. The molecule has 4 nitrogen and oxygen atoms in total. The van der Waals surface area contributed by atoms with E-state index in [9.17, 15) is 14.7 Å². The molecule has 100 valence electrons. The first-order valence-corrected chi connectivity index (χ1v) is 6.53. The fourth-order valence-electron chi connectivity index (χ4n) is 3.37. The molecule has 2 fully saturated rings. The first-order chi connectivity index (χ1) is 8.42. The van der Waals surface area contributed by atoms with Gasteiger partial charge in [0.05, 0.1) is 5.92 Å². The Morgan fingerprint density at radius 3 is 2.72 bits per heavy atom. The van der Waals surface area contributed by atoms with Gasteiger partial charge in [-0.3, -0.25) is 4.79 Å². The summed E-state index contributed by atoms with van der Waals surface area (Å²) in [6, 6.07) is 0. The zero-order chi connectivity index (χ0) is 13.3. The zero-order valence-corrected chi connectivity index (χ0v) is 10.8. The Bertz CT molecular complexity index is 387. The Kier molecular flexibility index (Phi) is 3.46. The van der Waals surface area contributed by atoms with E-state index in [1.54, 1.807) is 6.92 Å². The largest absolute Gasteiger partial charge is 0.481 e. The number of carboxylic acids is 1. The van der Waals surface area contributed by atoms with E-state index in [1.807, 2.05) is 0 Å².